The van der Waals surface area contributed by atoms with Crippen molar-refractivity contribution in [3.05, 3.63) is 35.9 Å². The topological polar surface area (TPSA) is 40.5 Å². The molecule has 0 heterocycles. The van der Waals surface area contributed by atoms with Crippen LogP contribution in [0, 0.1) is 0 Å². The Hall–Kier alpha value is -0.570. The van der Waals surface area contributed by atoms with Gasteiger partial charge in [0.1, 0.15) is 0 Å². The van der Waals surface area contributed by atoms with E-state index in [1.165, 1.54) is 0 Å². The average molecular weight is 231 g/mol. The molecule has 0 aliphatic rings. The number of benzene rings is 1. The van der Waals surface area contributed by atoms with Gasteiger partial charge >= 0.3 is 0 Å². The van der Waals surface area contributed by atoms with Crippen LogP contribution in [0.3, 0.4) is 0 Å². The van der Waals surface area contributed by atoms with Crippen LogP contribution in [0.2, 0.25) is 0 Å². The van der Waals surface area contributed by atoms with Crippen LogP contribution in [0.5, 0.6) is 0 Å². The molecule has 1 aromatic carbocycles. The second-order valence-electron chi connectivity index (χ2n) is 3.23. The van der Waals surface area contributed by atoms with Crippen LogP contribution in [0.4, 0.5) is 0 Å². The van der Waals surface area contributed by atoms with E-state index >= 15 is 0 Å². The molecule has 0 aromatic heterocycles. The van der Waals surface area contributed by atoms with Crippen LogP contribution in [0.1, 0.15) is 32.3 Å². The molecule has 0 unspecified atom stereocenters. The zero-order chi connectivity index (χ0) is 11.7. The van der Waals surface area contributed by atoms with Crippen molar-refractivity contribution in [2.75, 3.05) is 5.88 Å². The predicted molar refractivity (Wildman–Crippen MR) is 63.9 cm³/mol. The second-order valence-corrected chi connectivity index (χ2v) is 3.60. The van der Waals surface area contributed by atoms with E-state index in [2.05, 4.69) is 0 Å². The van der Waals surface area contributed by atoms with Gasteiger partial charge in [-0.1, -0.05) is 44.2 Å². The molecule has 0 amide bonds. The minimum Gasteiger partial charge on any atom is -0.362 e. The van der Waals surface area contributed by atoms with Gasteiger partial charge in [0.05, 0.1) is 0 Å². The van der Waals surface area contributed by atoms with Gasteiger partial charge in [-0.3, -0.25) is 0 Å². The molecule has 2 N–H and O–H groups in total. The molecule has 1 aromatic rings. The van der Waals surface area contributed by atoms with Crippen molar-refractivity contribution in [1.29, 1.82) is 0 Å². The van der Waals surface area contributed by atoms with E-state index in [1.807, 2.05) is 13.0 Å². The maximum Gasteiger partial charge on any atom is 0.189 e. The van der Waals surface area contributed by atoms with Crippen molar-refractivity contribution in [1.82, 2.24) is 0 Å². The van der Waals surface area contributed by atoms with Gasteiger partial charge in [-0.15, -0.1) is 11.6 Å². The van der Waals surface area contributed by atoms with Crippen molar-refractivity contribution in [2.45, 2.75) is 32.5 Å². The second kappa shape index (κ2) is 7.69. The van der Waals surface area contributed by atoms with Gasteiger partial charge in [0.2, 0.25) is 0 Å². The molecule has 0 aliphatic carbocycles. The molecule has 0 aliphatic heterocycles. The summed E-state index contributed by atoms with van der Waals surface area (Å²) in [6.07, 6.45) is 1.39. The van der Waals surface area contributed by atoms with Gasteiger partial charge in [-0.05, 0) is 6.42 Å². The van der Waals surface area contributed by atoms with E-state index in [9.17, 15) is 10.2 Å². The largest absolute Gasteiger partial charge is 0.362 e. The third-order valence-corrected chi connectivity index (χ3v) is 2.30. The van der Waals surface area contributed by atoms with E-state index in [4.69, 9.17) is 11.6 Å². The van der Waals surface area contributed by atoms with E-state index < -0.39 is 5.79 Å². The Balaban J connectivity index is 0.000000423. The Morgan fingerprint density at radius 1 is 1.13 bits per heavy atom. The molecule has 15 heavy (non-hydrogen) atoms. The summed E-state index contributed by atoms with van der Waals surface area (Å²) < 4.78 is 0. The van der Waals surface area contributed by atoms with E-state index in [0.29, 0.717) is 12.0 Å². The SMILES string of the molecule is CCC(O)(O)c1ccccc1.CCCCl. The first-order valence-electron chi connectivity index (χ1n) is 5.14. The summed E-state index contributed by atoms with van der Waals surface area (Å²) in [7, 11) is 0. The van der Waals surface area contributed by atoms with Gasteiger partial charge in [-0.25, -0.2) is 0 Å². The van der Waals surface area contributed by atoms with E-state index in [0.717, 1.165) is 12.3 Å². The quantitative estimate of drug-likeness (QED) is 0.619. The van der Waals surface area contributed by atoms with Crippen molar-refractivity contribution in [3.63, 3.8) is 0 Å². The minimum absolute atomic E-state index is 0.303. The number of rotatable bonds is 3. The first-order chi connectivity index (χ1) is 7.08. The average Bonchev–Trinajstić information content (AvgIpc) is 2.30. The lowest BCUT2D eigenvalue weighted by Crippen LogP contribution is -2.23. The summed E-state index contributed by atoms with van der Waals surface area (Å²) in [5.74, 6) is -0.874. The Labute approximate surface area is 96.5 Å². The lowest BCUT2D eigenvalue weighted by atomic mass is 10.0. The Bertz CT molecular complexity index is 245. The Morgan fingerprint density at radius 3 is 1.93 bits per heavy atom. The van der Waals surface area contributed by atoms with Crippen LogP contribution in [0.15, 0.2) is 30.3 Å². The molecule has 0 saturated heterocycles. The summed E-state index contributed by atoms with van der Waals surface area (Å²) in [6.45, 7) is 3.78. The van der Waals surface area contributed by atoms with Gasteiger partial charge in [0, 0.05) is 17.9 Å². The summed E-state index contributed by atoms with van der Waals surface area (Å²) in [4.78, 5) is 0. The van der Waals surface area contributed by atoms with E-state index in [1.54, 1.807) is 31.2 Å². The number of halogens is 1. The van der Waals surface area contributed by atoms with Gasteiger partial charge in [0.25, 0.3) is 0 Å². The third-order valence-electron chi connectivity index (χ3n) is 1.92. The lowest BCUT2D eigenvalue weighted by molar-refractivity contribution is -0.171. The Morgan fingerprint density at radius 2 is 1.60 bits per heavy atom. The highest BCUT2D eigenvalue weighted by molar-refractivity contribution is 6.17. The van der Waals surface area contributed by atoms with Crippen LogP contribution in [0.25, 0.3) is 0 Å². The standard InChI is InChI=1S/C9H12O2.C3H7Cl/c1-2-9(10,11)8-6-4-3-5-7-8;1-2-3-4/h3-7,10-11H,2H2,1H3;2-3H2,1H3. The molecule has 2 nitrogen and oxygen atoms in total. The number of aliphatic hydroxyl groups is 2. The monoisotopic (exact) mass is 230 g/mol. The highest BCUT2D eigenvalue weighted by atomic mass is 35.5. The summed E-state index contributed by atoms with van der Waals surface area (Å²) >= 11 is 5.19. The summed E-state index contributed by atoms with van der Waals surface area (Å²) in [5, 5.41) is 18.7. The number of alkyl halides is 1. The van der Waals surface area contributed by atoms with Gasteiger partial charge in [0.15, 0.2) is 5.79 Å². The fraction of sp³-hybridized carbons (Fsp3) is 0.500. The van der Waals surface area contributed by atoms with Gasteiger partial charge in [-0.2, -0.15) is 0 Å². The zero-order valence-electron chi connectivity index (χ0n) is 9.28. The van der Waals surface area contributed by atoms with Crippen molar-refractivity contribution in [3.8, 4) is 0 Å². The molecular formula is C12H19ClO2. The van der Waals surface area contributed by atoms with Crippen molar-refractivity contribution >= 4 is 11.6 Å². The molecule has 1 rings (SSSR count). The van der Waals surface area contributed by atoms with Gasteiger partial charge < -0.3 is 10.2 Å². The first kappa shape index (κ1) is 14.4. The third kappa shape index (κ3) is 5.78. The zero-order valence-corrected chi connectivity index (χ0v) is 10.0. The fourth-order valence-corrected chi connectivity index (χ4v) is 0.909. The molecule has 0 atom stereocenters. The molecule has 0 saturated carbocycles. The molecular weight excluding hydrogens is 212 g/mol. The highest BCUT2D eigenvalue weighted by Gasteiger charge is 2.21. The molecule has 86 valence electrons. The van der Waals surface area contributed by atoms with Crippen LogP contribution in [-0.2, 0) is 5.79 Å². The van der Waals surface area contributed by atoms with Crippen molar-refractivity contribution in [2.24, 2.45) is 0 Å². The summed E-state index contributed by atoms with van der Waals surface area (Å²) in [6, 6.07) is 8.81. The summed E-state index contributed by atoms with van der Waals surface area (Å²) in [5.41, 5.74) is 0.544. The van der Waals surface area contributed by atoms with Crippen LogP contribution < -0.4 is 0 Å². The highest BCUT2D eigenvalue weighted by Crippen LogP contribution is 2.20. The molecule has 3 heteroatoms. The molecule has 0 spiro atoms. The lowest BCUT2D eigenvalue weighted by Gasteiger charge is -2.19. The maximum absolute atomic E-state index is 9.35. The predicted octanol–water partition coefficient (Wildman–Crippen LogP) is 2.87. The first-order valence-corrected chi connectivity index (χ1v) is 5.68. The number of hydrogen-bond acceptors (Lipinski definition) is 2. The molecule has 0 bridgehead atoms. The smallest absolute Gasteiger partial charge is 0.189 e. The normalized spacial score (nSPS) is 10.5. The molecule has 0 fully saturated rings. The fourth-order valence-electron chi connectivity index (χ4n) is 0.909. The van der Waals surface area contributed by atoms with Crippen LogP contribution >= 0.6 is 11.6 Å². The molecule has 0 radical (unpaired) electrons. The number of hydrogen-bond donors (Lipinski definition) is 2. The maximum atomic E-state index is 9.35. The minimum atomic E-state index is -1.67. The Kier molecular flexibility index (Phi) is 7.39. The van der Waals surface area contributed by atoms with Crippen LogP contribution in [-0.4, -0.2) is 16.1 Å². The van der Waals surface area contributed by atoms with E-state index in [-0.39, 0.29) is 0 Å². The van der Waals surface area contributed by atoms with Crippen molar-refractivity contribution < 1.29 is 10.2 Å².